The number of ether oxygens (including phenoxy) is 1. The van der Waals surface area contributed by atoms with Crippen LogP contribution in [0.15, 0.2) is 0 Å². The molecule has 0 aromatic carbocycles. The van der Waals surface area contributed by atoms with E-state index in [1.165, 1.54) is 0 Å². The molecule has 1 rings (SSSR count). The van der Waals surface area contributed by atoms with E-state index in [1.807, 2.05) is 0 Å². The van der Waals surface area contributed by atoms with E-state index < -0.39 is 0 Å². The highest BCUT2D eigenvalue weighted by Crippen LogP contribution is 2.16. The molecule has 0 bridgehead atoms. The molecule has 14 heavy (non-hydrogen) atoms. The lowest BCUT2D eigenvalue weighted by molar-refractivity contribution is 0.0270. The third-order valence-electron chi connectivity index (χ3n) is 3.50. The fourth-order valence-corrected chi connectivity index (χ4v) is 2.07. The number of nitrogens with zero attached hydrogens (tertiary/aromatic N) is 1. The first-order valence-electron chi connectivity index (χ1n) is 5.72. The van der Waals surface area contributed by atoms with Crippen LogP contribution in [0, 0.1) is 0 Å². The zero-order chi connectivity index (χ0) is 10.6. The van der Waals surface area contributed by atoms with E-state index in [9.17, 15) is 0 Å². The van der Waals surface area contributed by atoms with Crippen molar-refractivity contribution in [3.63, 3.8) is 0 Å². The second kappa shape index (κ2) is 5.69. The summed E-state index contributed by atoms with van der Waals surface area (Å²) in [6.45, 7) is 6.19. The van der Waals surface area contributed by atoms with Gasteiger partial charge < -0.3 is 10.5 Å². The highest BCUT2D eigenvalue weighted by atomic mass is 16.5. The van der Waals surface area contributed by atoms with Crippen LogP contribution in [-0.2, 0) is 4.74 Å². The zero-order valence-electron chi connectivity index (χ0n) is 9.70. The van der Waals surface area contributed by atoms with E-state index >= 15 is 0 Å². The van der Waals surface area contributed by atoms with Crippen LogP contribution in [0.3, 0.4) is 0 Å². The molecular weight excluding hydrogens is 176 g/mol. The molecule has 0 radical (unpaired) electrons. The predicted molar refractivity (Wildman–Crippen MR) is 59.3 cm³/mol. The third-order valence-corrected chi connectivity index (χ3v) is 3.50. The average Bonchev–Trinajstić information content (AvgIpc) is 2.27. The Labute approximate surface area is 87.6 Å². The van der Waals surface area contributed by atoms with Gasteiger partial charge in [-0.2, -0.15) is 0 Å². The van der Waals surface area contributed by atoms with Gasteiger partial charge in [0.05, 0.1) is 0 Å². The van der Waals surface area contributed by atoms with E-state index in [4.69, 9.17) is 10.5 Å². The molecule has 3 nitrogen and oxygen atoms in total. The normalized spacial score (nSPS) is 23.8. The lowest BCUT2D eigenvalue weighted by atomic mass is 10.0. The molecule has 2 N–H and O–H groups in total. The molecule has 0 aromatic rings. The molecule has 0 saturated carbocycles. The molecule has 0 amide bonds. The summed E-state index contributed by atoms with van der Waals surface area (Å²) in [5.74, 6) is 0. The summed E-state index contributed by atoms with van der Waals surface area (Å²) in [6, 6.07) is 1.43. The highest BCUT2D eigenvalue weighted by molar-refractivity contribution is 4.81. The number of likely N-dealkylation sites (N-methyl/N-ethyl adjacent to an activating group) is 1. The molecule has 2 atom stereocenters. The Bertz CT molecular complexity index is 155. The molecule has 1 saturated heterocycles. The molecule has 1 heterocycles. The summed E-state index contributed by atoms with van der Waals surface area (Å²) >= 11 is 0. The Morgan fingerprint density at radius 3 is 2.50 bits per heavy atom. The SMILES string of the molecule is CCC(N)C(C)N(C)C1CCOCC1. The Morgan fingerprint density at radius 2 is 2.00 bits per heavy atom. The van der Waals surface area contributed by atoms with Gasteiger partial charge in [0.15, 0.2) is 0 Å². The third kappa shape index (κ3) is 2.94. The van der Waals surface area contributed by atoms with Crippen LogP contribution in [0.25, 0.3) is 0 Å². The molecule has 1 aliphatic rings. The first kappa shape index (κ1) is 12.0. The summed E-state index contributed by atoms with van der Waals surface area (Å²) in [5.41, 5.74) is 6.05. The molecule has 0 aromatic heterocycles. The molecule has 0 spiro atoms. The molecule has 0 aliphatic carbocycles. The van der Waals surface area contributed by atoms with E-state index in [2.05, 4.69) is 25.8 Å². The fourth-order valence-electron chi connectivity index (χ4n) is 2.07. The maximum atomic E-state index is 6.05. The minimum absolute atomic E-state index is 0.294. The van der Waals surface area contributed by atoms with Crippen molar-refractivity contribution in [3.05, 3.63) is 0 Å². The van der Waals surface area contributed by atoms with Gasteiger partial charge in [0.1, 0.15) is 0 Å². The van der Waals surface area contributed by atoms with E-state index in [0.717, 1.165) is 32.5 Å². The van der Waals surface area contributed by atoms with Crippen molar-refractivity contribution in [2.24, 2.45) is 5.73 Å². The molecular formula is C11H24N2O. The van der Waals surface area contributed by atoms with E-state index in [-0.39, 0.29) is 0 Å². The average molecular weight is 200 g/mol. The van der Waals surface area contributed by atoms with Gasteiger partial charge in [0.2, 0.25) is 0 Å². The predicted octanol–water partition coefficient (Wildman–Crippen LogP) is 1.22. The number of rotatable bonds is 4. The summed E-state index contributed by atoms with van der Waals surface area (Å²) in [7, 11) is 2.19. The van der Waals surface area contributed by atoms with Crippen LogP contribution in [0.5, 0.6) is 0 Å². The quantitative estimate of drug-likeness (QED) is 0.741. The number of nitrogens with two attached hydrogens (primary N) is 1. The zero-order valence-corrected chi connectivity index (χ0v) is 9.70. The first-order chi connectivity index (χ1) is 6.66. The smallest absolute Gasteiger partial charge is 0.0480 e. The second-order valence-electron chi connectivity index (χ2n) is 4.32. The highest BCUT2D eigenvalue weighted by Gasteiger charge is 2.24. The first-order valence-corrected chi connectivity index (χ1v) is 5.72. The fraction of sp³-hybridized carbons (Fsp3) is 1.00. The van der Waals surface area contributed by atoms with Gasteiger partial charge in [0.25, 0.3) is 0 Å². The van der Waals surface area contributed by atoms with Gasteiger partial charge in [-0.25, -0.2) is 0 Å². The number of hydrogen-bond acceptors (Lipinski definition) is 3. The summed E-state index contributed by atoms with van der Waals surface area (Å²) < 4.78 is 5.36. The van der Waals surface area contributed by atoms with Crippen LogP contribution in [-0.4, -0.2) is 43.3 Å². The Hall–Kier alpha value is -0.120. The lowest BCUT2D eigenvalue weighted by Crippen LogP contribution is -2.49. The molecule has 1 fully saturated rings. The van der Waals surface area contributed by atoms with Crippen LogP contribution in [0.4, 0.5) is 0 Å². The van der Waals surface area contributed by atoms with E-state index in [1.54, 1.807) is 0 Å². The maximum Gasteiger partial charge on any atom is 0.0480 e. The Kier molecular flexibility index (Phi) is 4.85. The molecule has 2 unspecified atom stereocenters. The minimum atomic E-state index is 0.294. The van der Waals surface area contributed by atoms with Crippen LogP contribution in [0.2, 0.25) is 0 Å². The monoisotopic (exact) mass is 200 g/mol. The van der Waals surface area contributed by atoms with Crippen LogP contribution < -0.4 is 5.73 Å². The second-order valence-corrected chi connectivity index (χ2v) is 4.32. The van der Waals surface area contributed by atoms with Crippen LogP contribution >= 0.6 is 0 Å². The van der Waals surface area contributed by atoms with Crippen molar-refractivity contribution in [1.29, 1.82) is 0 Å². The van der Waals surface area contributed by atoms with Gasteiger partial charge in [-0.3, -0.25) is 4.90 Å². The van der Waals surface area contributed by atoms with Gasteiger partial charge >= 0.3 is 0 Å². The minimum Gasteiger partial charge on any atom is -0.381 e. The Balaban J connectivity index is 2.41. The lowest BCUT2D eigenvalue weighted by Gasteiger charge is -2.37. The van der Waals surface area contributed by atoms with Crippen LogP contribution in [0.1, 0.15) is 33.1 Å². The number of hydrogen-bond donors (Lipinski definition) is 1. The van der Waals surface area contributed by atoms with Gasteiger partial charge in [-0.1, -0.05) is 6.92 Å². The molecule has 3 heteroatoms. The van der Waals surface area contributed by atoms with E-state index in [0.29, 0.717) is 18.1 Å². The van der Waals surface area contributed by atoms with Crippen molar-refractivity contribution in [2.45, 2.75) is 51.2 Å². The van der Waals surface area contributed by atoms with Crippen molar-refractivity contribution >= 4 is 0 Å². The van der Waals surface area contributed by atoms with Gasteiger partial charge in [-0.05, 0) is 33.2 Å². The summed E-state index contributed by atoms with van der Waals surface area (Å²) in [5, 5.41) is 0. The maximum absolute atomic E-state index is 6.05. The van der Waals surface area contributed by atoms with Crippen molar-refractivity contribution < 1.29 is 4.74 Å². The molecule has 84 valence electrons. The van der Waals surface area contributed by atoms with Crippen molar-refractivity contribution in [2.75, 3.05) is 20.3 Å². The topological polar surface area (TPSA) is 38.5 Å². The standard InChI is InChI=1S/C11H24N2O/c1-4-11(12)9(2)13(3)10-5-7-14-8-6-10/h9-11H,4-8,12H2,1-3H3. The van der Waals surface area contributed by atoms with Crippen molar-refractivity contribution in [1.82, 2.24) is 4.90 Å². The molecule has 1 aliphatic heterocycles. The van der Waals surface area contributed by atoms with Gasteiger partial charge in [0, 0.05) is 31.3 Å². The van der Waals surface area contributed by atoms with Crippen molar-refractivity contribution in [3.8, 4) is 0 Å². The largest absolute Gasteiger partial charge is 0.381 e. The Morgan fingerprint density at radius 1 is 1.43 bits per heavy atom. The van der Waals surface area contributed by atoms with Gasteiger partial charge in [-0.15, -0.1) is 0 Å². The summed E-state index contributed by atoms with van der Waals surface area (Å²) in [6.07, 6.45) is 3.35. The summed E-state index contributed by atoms with van der Waals surface area (Å²) in [4.78, 5) is 2.43.